The molecule has 0 spiro atoms. The maximum Gasteiger partial charge on any atom is 0.146 e. The summed E-state index contributed by atoms with van der Waals surface area (Å²) in [4.78, 5) is 4.61. The number of nitrogen functional groups attached to an aromatic ring is 1. The Morgan fingerprint density at radius 1 is 1.05 bits per heavy atom. The highest BCUT2D eigenvalue weighted by Gasteiger charge is 2.24. The molecule has 0 saturated carbocycles. The number of benzene rings is 2. The molecule has 0 saturated heterocycles. The van der Waals surface area contributed by atoms with Gasteiger partial charge in [-0.05, 0) is 45.0 Å². The molecule has 0 radical (unpaired) electrons. The van der Waals surface area contributed by atoms with Crippen LogP contribution in [0.3, 0.4) is 0 Å². The van der Waals surface area contributed by atoms with Crippen molar-refractivity contribution in [3.05, 3.63) is 48.3 Å². The van der Waals surface area contributed by atoms with Gasteiger partial charge in [0.05, 0.1) is 16.6 Å². The van der Waals surface area contributed by atoms with E-state index < -0.39 is 0 Å². The van der Waals surface area contributed by atoms with Crippen LogP contribution >= 0.6 is 0 Å². The van der Waals surface area contributed by atoms with Crippen LogP contribution in [0.2, 0.25) is 0 Å². The fourth-order valence-corrected chi connectivity index (χ4v) is 2.65. The summed E-state index contributed by atoms with van der Waals surface area (Å²) in [5, 5.41) is 0. The van der Waals surface area contributed by atoms with Crippen molar-refractivity contribution in [2.24, 2.45) is 0 Å². The SMILES string of the molecule is CC(C)(C)n1c(-c2c(N)cccc2F)nc2ccccc21. The summed E-state index contributed by atoms with van der Waals surface area (Å²) in [5.74, 6) is 0.218. The predicted molar refractivity (Wildman–Crippen MR) is 84.5 cm³/mol. The van der Waals surface area contributed by atoms with E-state index in [4.69, 9.17) is 5.73 Å². The highest BCUT2D eigenvalue weighted by atomic mass is 19.1. The van der Waals surface area contributed by atoms with Gasteiger partial charge in [-0.2, -0.15) is 0 Å². The van der Waals surface area contributed by atoms with E-state index in [-0.39, 0.29) is 11.4 Å². The molecule has 1 aromatic heterocycles. The average molecular weight is 283 g/mol. The lowest BCUT2D eigenvalue weighted by Crippen LogP contribution is -2.23. The van der Waals surface area contributed by atoms with Gasteiger partial charge in [-0.25, -0.2) is 9.37 Å². The first-order chi connectivity index (χ1) is 9.89. The zero-order valence-corrected chi connectivity index (χ0v) is 12.4. The molecule has 0 aliphatic rings. The number of imidazole rings is 1. The van der Waals surface area contributed by atoms with Gasteiger partial charge in [0.25, 0.3) is 0 Å². The average Bonchev–Trinajstić information content (AvgIpc) is 2.77. The van der Waals surface area contributed by atoms with Crippen LogP contribution in [0.15, 0.2) is 42.5 Å². The number of fused-ring (bicyclic) bond motifs is 1. The predicted octanol–water partition coefficient (Wildman–Crippen LogP) is 4.18. The third-order valence-corrected chi connectivity index (χ3v) is 3.50. The van der Waals surface area contributed by atoms with Gasteiger partial charge in [-0.15, -0.1) is 0 Å². The second-order valence-electron chi connectivity index (χ2n) is 6.13. The summed E-state index contributed by atoms with van der Waals surface area (Å²) in [6, 6.07) is 12.5. The molecule has 0 fully saturated rings. The molecule has 21 heavy (non-hydrogen) atoms. The van der Waals surface area contributed by atoms with Gasteiger partial charge in [0, 0.05) is 11.2 Å². The summed E-state index contributed by atoms with van der Waals surface area (Å²) in [6.07, 6.45) is 0. The number of para-hydroxylation sites is 2. The number of rotatable bonds is 1. The molecular weight excluding hydrogens is 265 g/mol. The van der Waals surface area contributed by atoms with E-state index in [1.54, 1.807) is 12.1 Å². The van der Waals surface area contributed by atoms with Crippen LogP contribution in [-0.4, -0.2) is 9.55 Å². The summed E-state index contributed by atoms with van der Waals surface area (Å²) >= 11 is 0. The van der Waals surface area contributed by atoms with Crippen molar-refractivity contribution in [3.8, 4) is 11.4 Å². The Morgan fingerprint density at radius 3 is 2.43 bits per heavy atom. The van der Waals surface area contributed by atoms with Crippen molar-refractivity contribution in [3.63, 3.8) is 0 Å². The number of halogens is 1. The van der Waals surface area contributed by atoms with Crippen molar-refractivity contribution >= 4 is 16.7 Å². The van der Waals surface area contributed by atoms with Gasteiger partial charge in [-0.3, -0.25) is 0 Å². The molecule has 0 aliphatic heterocycles. The fourth-order valence-electron chi connectivity index (χ4n) is 2.65. The molecule has 0 amide bonds. The topological polar surface area (TPSA) is 43.8 Å². The Kier molecular flexibility index (Phi) is 2.97. The Balaban J connectivity index is 2.43. The second kappa shape index (κ2) is 4.58. The molecule has 4 heteroatoms. The maximum absolute atomic E-state index is 14.3. The zero-order valence-electron chi connectivity index (χ0n) is 12.4. The molecule has 0 unspecified atom stereocenters. The van der Waals surface area contributed by atoms with Gasteiger partial charge in [0.1, 0.15) is 11.6 Å². The van der Waals surface area contributed by atoms with Crippen molar-refractivity contribution in [2.45, 2.75) is 26.3 Å². The number of aromatic nitrogens is 2. The van der Waals surface area contributed by atoms with E-state index in [0.717, 1.165) is 11.0 Å². The number of hydrogen-bond donors (Lipinski definition) is 1. The quantitative estimate of drug-likeness (QED) is 0.681. The van der Waals surface area contributed by atoms with E-state index >= 15 is 0 Å². The number of anilines is 1. The molecule has 0 atom stereocenters. The van der Waals surface area contributed by atoms with E-state index in [1.165, 1.54) is 6.07 Å². The van der Waals surface area contributed by atoms with Crippen LogP contribution in [0.4, 0.5) is 10.1 Å². The molecule has 2 aromatic carbocycles. The lowest BCUT2D eigenvalue weighted by Gasteiger charge is -2.25. The number of nitrogens with zero attached hydrogens (tertiary/aromatic N) is 2. The summed E-state index contributed by atoms with van der Waals surface area (Å²) in [7, 11) is 0. The molecule has 3 aromatic rings. The normalized spacial score (nSPS) is 12.0. The minimum Gasteiger partial charge on any atom is -0.398 e. The smallest absolute Gasteiger partial charge is 0.146 e. The number of hydrogen-bond acceptors (Lipinski definition) is 2. The molecule has 0 aliphatic carbocycles. The zero-order chi connectivity index (χ0) is 15.2. The van der Waals surface area contributed by atoms with E-state index in [0.29, 0.717) is 17.1 Å². The van der Waals surface area contributed by atoms with Crippen molar-refractivity contribution in [1.82, 2.24) is 9.55 Å². The van der Waals surface area contributed by atoms with Crippen LogP contribution in [-0.2, 0) is 5.54 Å². The largest absolute Gasteiger partial charge is 0.398 e. The van der Waals surface area contributed by atoms with Crippen LogP contribution in [0.25, 0.3) is 22.4 Å². The van der Waals surface area contributed by atoms with Gasteiger partial charge >= 0.3 is 0 Å². The van der Waals surface area contributed by atoms with Gasteiger partial charge in [0.2, 0.25) is 0 Å². The molecule has 3 rings (SSSR count). The minimum atomic E-state index is -0.351. The van der Waals surface area contributed by atoms with E-state index in [2.05, 4.69) is 25.8 Å². The van der Waals surface area contributed by atoms with E-state index in [9.17, 15) is 4.39 Å². The van der Waals surface area contributed by atoms with Crippen molar-refractivity contribution in [2.75, 3.05) is 5.73 Å². The van der Waals surface area contributed by atoms with Crippen LogP contribution in [0, 0.1) is 5.82 Å². The van der Waals surface area contributed by atoms with Crippen LogP contribution in [0.5, 0.6) is 0 Å². The summed E-state index contributed by atoms with van der Waals surface area (Å²) in [5.41, 5.74) is 8.33. The second-order valence-corrected chi connectivity index (χ2v) is 6.13. The standard InChI is InChI=1S/C17H18FN3/c1-17(2,3)21-14-10-5-4-9-13(14)20-16(21)15-11(18)7-6-8-12(15)19/h4-10H,19H2,1-3H3. The lowest BCUT2D eigenvalue weighted by atomic mass is 10.1. The molecule has 0 bridgehead atoms. The third-order valence-electron chi connectivity index (χ3n) is 3.50. The maximum atomic E-state index is 14.3. The van der Waals surface area contributed by atoms with Gasteiger partial charge in [-0.1, -0.05) is 18.2 Å². The highest BCUT2D eigenvalue weighted by molar-refractivity contribution is 5.84. The Labute approximate surface area is 123 Å². The molecule has 2 N–H and O–H groups in total. The summed E-state index contributed by atoms with van der Waals surface area (Å²) < 4.78 is 16.3. The molecular formula is C17H18FN3. The molecule has 3 nitrogen and oxygen atoms in total. The fraction of sp³-hybridized carbons (Fsp3) is 0.235. The Bertz CT molecular complexity index is 792. The minimum absolute atomic E-state index is 0.236. The first kappa shape index (κ1) is 13.6. The van der Waals surface area contributed by atoms with Gasteiger partial charge in [0.15, 0.2) is 0 Å². The van der Waals surface area contributed by atoms with Crippen LogP contribution < -0.4 is 5.73 Å². The summed E-state index contributed by atoms with van der Waals surface area (Å²) in [6.45, 7) is 6.21. The van der Waals surface area contributed by atoms with Crippen molar-refractivity contribution in [1.29, 1.82) is 0 Å². The molecule has 1 heterocycles. The Morgan fingerprint density at radius 2 is 1.76 bits per heavy atom. The lowest BCUT2D eigenvalue weighted by molar-refractivity contribution is 0.412. The monoisotopic (exact) mass is 283 g/mol. The first-order valence-electron chi connectivity index (χ1n) is 6.92. The van der Waals surface area contributed by atoms with Gasteiger partial charge < -0.3 is 10.3 Å². The third kappa shape index (κ3) is 2.17. The highest BCUT2D eigenvalue weighted by Crippen LogP contribution is 2.35. The van der Waals surface area contributed by atoms with Crippen molar-refractivity contribution < 1.29 is 4.39 Å². The van der Waals surface area contributed by atoms with Crippen LogP contribution in [0.1, 0.15) is 20.8 Å². The van der Waals surface area contributed by atoms with E-state index in [1.807, 2.05) is 28.8 Å². The number of nitrogens with two attached hydrogens (primary N) is 1. The first-order valence-corrected chi connectivity index (χ1v) is 6.92. The molecule has 108 valence electrons. The Hall–Kier alpha value is -2.36.